The number of carbonyl (C=O) groups excluding carboxylic acids is 1. The summed E-state index contributed by atoms with van der Waals surface area (Å²) in [6, 6.07) is 0.304. The van der Waals surface area contributed by atoms with Crippen molar-refractivity contribution in [3.05, 3.63) is 0 Å². The lowest BCUT2D eigenvalue weighted by atomic mass is 9.87. The van der Waals surface area contributed by atoms with Crippen LogP contribution in [0.3, 0.4) is 0 Å². The van der Waals surface area contributed by atoms with Crippen molar-refractivity contribution in [2.45, 2.75) is 70.6 Å². The smallest absolute Gasteiger partial charge is 0.290 e. The van der Waals surface area contributed by atoms with E-state index >= 15 is 0 Å². The molecule has 0 aromatic rings. The van der Waals surface area contributed by atoms with Crippen molar-refractivity contribution in [3.63, 3.8) is 0 Å². The minimum atomic E-state index is -0.250. The molecule has 22 heavy (non-hydrogen) atoms. The summed E-state index contributed by atoms with van der Waals surface area (Å²) in [7, 11) is 0. The van der Waals surface area contributed by atoms with Gasteiger partial charge in [-0.05, 0) is 52.9 Å². The molecule has 1 aliphatic heterocycles. The summed E-state index contributed by atoms with van der Waals surface area (Å²) in [5.41, 5.74) is 0.189. The molecule has 1 saturated heterocycles. The number of likely N-dealkylation sites (tertiary alicyclic amines) is 1. The normalized spacial score (nSPS) is 29.4. The molecule has 2 rings (SSSR count). The molecule has 128 valence electrons. The van der Waals surface area contributed by atoms with Gasteiger partial charge in [0.05, 0.1) is 6.10 Å². The Bertz CT molecular complexity index is 360. The molecule has 1 heterocycles. The molecular formula is C16H30N2O4. The van der Waals surface area contributed by atoms with Crippen molar-refractivity contribution in [1.82, 2.24) is 10.2 Å². The second-order valence-corrected chi connectivity index (χ2v) is 7.22. The van der Waals surface area contributed by atoms with Gasteiger partial charge in [0.25, 0.3) is 6.47 Å². The predicted octanol–water partition coefficient (Wildman–Crippen LogP) is 1.23. The van der Waals surface area contributed by atoms with Crippen LogP contribution in [0.25, 0.3) is 0 Å². The van der Waals surface area contributed by atoms with E-state index in [2.05, 4.69) is 31.0 Å². The molecule has 0 bridgehead atoms. The van der Waals surface area contributed by atoms with Crippen LogP contribution in [0.4, 0.5) is 0 Å². The van der Waals surface area contributed by atoms with Crippen LogP contribution in [0, 0.1) is 5.92 Å². The fraction of sp³-hybridized carbons (Fsp3) is 0.875. The van der Waals surface area contributed by atoms with Crippen molar-refractivity contribution >= 4 is 12.4 Å². The Kier molecular flexibility index (Phi) is 7.29. The molecule has 6 nitrogen and oxygen atoms in total. The topological polar surface area (TPSA) is 89.9 Å². The van der Waals surface area contributed by atoms with Crippen LogP contribution in [0.1, 0.15) is 52.9 Å². The number of carbonyl (C=O) groups is 2. The Labute approximate surface area is 132 Å². The van der Waals surface area contributed by atoms with E-state index in [0.717, 1.165) is 45.2 Å². The molecule has 1 aliphatic carbocycles. The molecule has 0 aromatic heterocycles. The maximum atomic E-state index is 12.2. The van der Waals surface area contributed by atoms with Gasteiger partial charge in [-0.25, -0.2) is 0 Å². The van der Waals surface area contributed by atoms with Crippen molar-refractivity contribution < 1.29 is 19.8 Å². The molecule has 2 aliphatic rings. The molecule has 1 amide bonds. The predicted molar refractivity (Wildman–Crippen MR) is 84.5 cm³/mol. The second-order valence-electron chi connectivity index (χ2n) is 7.22. The molecule has 1 atom stereocenters. The van der Waals surface area contributed by atoms with Crippen molar-refractivity contribution in [1.29, 1.82) is 0 Å². The van der Waals surface area contributed by atoms with E-state index in [-0.39, 0.29) is 29.9 Å². The maximum absolute atomic E-state index is 12.2. The van der Waals surface area contributed by atoms with Gasteiger partial charge < -0.3 is 15.5 Å². The SMILES string of the molecule is CC(C)(C)N1CCC(NC(=O)C2CCC(O)CC2)C1.O=CO. The molecular weight excluding hydrogens is 284 g/mol. The standard InChI is InChI=1S/C15H28N2O2.CH2O2/c1-15(2,3)17-9-8-12(10-17)16-14(19)11-4-6-13(18)7-5-11;2-1-3/h11-13,18H,4-10H2,1-3H3,(H,16,19);1H,(H,2,3). The lowest BCUT2D eigenvalue weighted by Gasteiger charge is -2.32. The highest BCUT2D eigenvalue weighted by Crippen LogP contribution is 2.25. The number of nitrogens with one attached hydrogen (secondary N) is 1. The average molecular weight is 314 g/mol. The van der Waals surface area contributed by atoms with Crippen LogP contribution >= 0.6 is 0 Å². The molecule has 0 radical (unpaired) electrons. The molecule has 6 heteroatoms. The van der Waals surface area contributed by atoms with Gasteiger partial charge in [0.15, 0.2) is 0 Å². The first-order valence-corrected chi connectivity index (χ1v) is 8.09. The first-order chi connectivity index (χ1) is 10.3. The van der Waals surface area contributed by atoms with E-state index in [4.69, 9.17) is 9.90 Å². The number of aliphatic hydroxyl groups is 1. The van der Waals surface area contributed by atoms with Crippen LogP contribution in [0.5, 0.6) is 0 Å². The number of amides is 1. The molecule has 2 fully saturated rings. The van der Waals surface area contributed by atoms with Gasteiger partial charge >= 0.3 is 0 Å². The minimum absolute atomic E-state index is 0.118. The maximum Gasteiger partial charge on any atom is 0.290 e. The van der Waals surface area contributed by atoms with Crippen molar-refractivity contribution in [2.24, 2.45) is 5.92 Å². The Hall–Kier alpha value is -1.14. The summed E-state index contributed by atoms with van der Waals surface area (Å²) < 4.78 is 0. The zero-order valence-electron chi connectivity index (χ0n) is 13.9. The van der Waals surface area contributed by atoms with Gasteiger partial charge in [0.1, 0.15) is 0 Å². The summed E-state index contributed by atoms with van der Waals surface area (Å²) in [5.74, 6) is 0.319. The minimum Gasteiger partial charge on any atom is -0.483 e. The van der Waals surface area contributed by atoms with Gasteiger partial charge in [0, 0.05) is 30.6 Å². The van der Waals surface area contributed by atoms with Gasteiger partial charge in [0.2, 0.25) is 5.91 Å². The first kappa shape index (κ1) is 18.9. The molecule has 1 unspecified atom stereocenters. The third-order valence-electron chi connectivity index (χ3n) is 4.55. The number of hydrogen-bond acceptors (Lipinski definition) is 4. The largest absolute Gasteiger partial charge is 0.483 e. The van der Waals surface area contributed by atoms with Gasteiger partial charge in [-0.1, -0.05) is 0 Å². The molecule has 0 aromatic carbocycles. The number of nitrogens with zero attached hydrogens (tertiary/aromatic N) is 1. The summed E-state index contributed by atoms with van der Waals surface area (Å²) in [6.45, 7) is 8.45. The third-order valence-corrected chi connectivity index (χ3v) is 4.55. The molecule has 1 saturated carbocycles. The highest BCUT2D eigenvalue weighted by molar-refractivity contribution is 5.79. The fourth-order valence-electron chi connectivity index (χ4n) is 3.14. The van der Waals surface area contributed by atoms with Crippen molar-refractivity contribution in [3.8, 4) is 0 Å². The number of aliphatic hydroxyl groups excluding tert-OH is 1. The van der Waals surface area contributed by atoms with Crippen LogP contribution in [-0.4, -0.2) is 58.3 Å². The Balaban J connectivity index is 0.000000745. The Morgan fingerprint density at radius 3 is 2.18 bits per heavy atom. The van der Waals surface area contributed by atoms with Gasteiger partial charge in [-0.3, -0.25) is 14.5 Å². The summed E-state index contributed by atoms with van der Waals surface area (Å²) in [6.07, 6.45) is 4.09. The first-order valence-electron chi connectivity index (χ1n) is 8.09. The Morgan fingerprint density at radius 2 is 1.73 bits per heavy atom. The number of hydrogen-bond donors (Lipinski definition) is 3. The zero-order valence-corrected chi connectivity index (χ0v) is 13.9. The Morgan fingerprint density at radius 1 is 1.18 bits per heavy atom. The lowest BCUT2D eigenvalue weighted by molar-refractivity contribution is -0.127. The highest BCUT2D eigenvalue weighted by Gasteiger charge is 2.32. The van der Waals surface area contributed by atoms with Crippen molar-refractivity contribution in [2.75, 3.05) is 13.1 Å². The highest BCUT2D eigenvalue weighted by atomic mass is 16.3. The monoisotopic (exact) mass is 314 g/mol. The van der Waals surface area contributed by atoms with Crippen LogP contribution < -0.4 is 5.32 Å². The second kappa shape index (κ2) is 8.48. The summed E-state index contributed by atoms with van der Waals surface area (Å²) >= 11 is 0. The number of rotatable bonds is 2. The average Bonchev–Trinajstić information content (AvgIpc) is 2.89. The zero-order chi connectivity index (χ0) is 16.8. The summed E-state index contributed by atoms with van der Waals surface area (Å²) in [4.78, 5) is 23.0. The number of carboxylic acid groups (broad SMARTS) is 1. The van der Waals surface area contributed by atoms with Crippen LogP contribution in [-0.2, 0) is 9.59 Å². The third kappa shape index (κ3) is 5.93. The quantitative estimate of drug-likeness (QED) is 0.667. The van der Waals surface area contributed by atoms with E-state index in [1.54, 1.807) is 0 Å². The fourth-order valence-corrected chi connectivity index (χ4v) is 3.14. The van der Waals surface area contributed by atoms with Gasteiger partial charge in [-0.15, -0.1) is 0 Å². The van der Waals surface area contributed by atoms with Crippen LogP contribution in [0.2, 0.25) is 0 Å². The lowest BCUT2D eigenvalue weighted by Crippen LogP contribution is -2.45. The van der Waals surface area contributed by atoms with E-state index in [9.17, 15) is 9.90 Å². The van der Waals surface area contributed by atoms with E-state index in [1.165, 1.54) is 0 Å². The van der Waals surface area contributed by atoms with Gasteiger partial charge in [-0.2, -0.15) is 0 Å². The molecule has 3 N–H and O–H groups in total. The van der Waals surface area contributed by atoms with Crippen LogP contribution in [0.15, 0.2) is 0 Å². The summed E-state index contributed by atoms with van der Waals surface area (Å²) in [5, 5.41) is 19.6. The molecule has 0 spiro atoms. The van der Waals surface area contributed by atoms with E-state index in [1.807, 2.05) is 0 Å². The van der Waals surface area contributed by atoms with E-state index in [0.29, 0.717) is 6.04 Å². The van der Waals surface area contributed by atoms with E-state index < -0.39 is 0 Å².